The number of alkyl halides is 1. The highest BCUT2D eigenvalue weighted by Gasteiger charge is 2.31. The van der Waals surface area contributed by atoms with E-state index in [1.54, 1.807) is 91.0 Å². The molecular weight excluding hydrogens is 1480 g/mol. The molecule has 0 atom stereocenters. The molecule has 23 heteroatoms. The van der Waals surface area contributed by atoms with Crippen LogP contribution < -0.4 is 9.47 Å². The number of aliphatic hydroxyl groups excluding tert-OH is 3. The molecule has 3 amide bonds. The quantitative estimate of drug-likeness (QED) is 0.0348. The van der Waals surface area contributed by atoms with Crippen LogP contribution in [-0.4, -0.2) is 122 Å². The number of benzene rings is 10. The van der Waals surface area contributed by atoms with Gasteiger partial charge in [-0.05, 0) is 200 Å². The van der Waals surface area contributed by atoms with Crippen molar-refractivity contribution in [2.24, 2.45) is 0 Å². The number of halogens is 5. The van der Waals surface area contributed by atoms with E-state index in [0.29, 0.717) is 119 Å². The molecule has 3 fully saturated rings. The fourth-order valence-electron chi connectivity index (χ4n) is 14.3. The van der Waals surface area contributed by atoms with Gasteiger partial charge in [0.2, 0.25) is 0 Å². The third-order valence-electron chi connectivity index (χ3n) is 20.3. The second-order valence-corrected chi connectivity index (χ2v) is 28.3. The Hall–Kier alpha value is -11.5. The van der Waals surface area contributed by atoms with Gasteiger partial charge < -0.3 is 59.1 Å². The van der Waals surface area contributed by atoms with Gasteiger partial charge in [-0.15, -0.1) is 0 Å². The molecule has 3 saturated heterocycles. The number of nitrogens with zero attached hydrogens (tertiary/aromatic N) is 7. The summed E-state index contributed by atoms with van der Waals surface area (Å²) in [5.41, 5.74) is 12.0. The van der Waals surface area contributed by atoms with Gasteiger partial charge in [0.05, 0.1) is 52.9 Å². The van der Waals surface area contributed by atoms with E-state index < -0.39 is 0 Å². The number of likely N-dealkylation sites (tertiary alicyclic amines) is 3. The Kier molecular flexibility index (Phi) is 25.7. The number of aromatic hydroxyl groups is 1. The van der Waals surface area contributed by atoms with E-state index in [0.717, 1.165) is 100 Å². The van der Waals surface area contributed by atoms with E-state index in [1.807, 2.05) is 99.6 Å². The number of amides is 3. The van der Waals surface area contributed by atoms with E-state index in [4.69, 9.17) is 19.4 Å². The van der Waals surface area contributed by atoms with Crippen molar-refractivity contribution < 1.29 is 61.8 Å². The van der Waals surface area contributed by atoms with Gasteiger partial charge in [0.15, 0.2) is 0 Å². The van der Waals surface area contributed by atoms with Crippen molar-refractivity contribution >= 4 is 66.8 Å². The highest BCUT2D eigenvalue weighted by Crippen LogP contribution is 2.35. The SMILES string of the molecule is Fc1cccc(CBr)c1.O=C(c1ccc(O)c(CO)c1)N1CCC(c2nc3ccccc3[nH]2)CC1.O=C(c1ccc(OCc2cccc(F)c2)c(CO)c1)N1CCC(c2nc3ccccc3[nH]2)CC1.O=C(c1ccc(OCc2cccc(F)c2)c(CO)c1)N1CCC(c2nc3ccccc3n2Cc2cccc(F)c2)CC1. The lowest BCUT2D eigenvalue weighted by Gasteiger charge is -2.32. The molecule has 6 N–H and O–H groups in total. The Morgan fingerprint density at radius 2 is 0.793 bits per heavy atom. The van der Waals surface area contributed by atoms with Crippen LogP contribution in [0.15, 0.2) is 224 Å². The molecule has 570 valence electrons. The number of aromatic nitrogens is 6. The summed E-state index contributed by atoms with van der Waals surface area (Å²) >= 11 is 3.22. The predicted octanol–water partition coefficient (Wildman–Crippen LogP) is 16.7. The van der Waals surface area contributed by atoms with E-state index in [-0.39, 0.29) is 85.7 Å². The number of imidazole rings is 3. The highest BCUT2D eigenvalue weighted by molar-refractivity contribution is 9.08. The lowest BCUT2D eigenvalue weighted by Crippen LogP contribution is -2.38. The molecule has 0 radical (unpaired) electrons. The van der Waals surface area contributed by atoms with Gasteiger partial charge >= 0.3 is 0 Å². The van der Waals surface area contributed by atoms with Crippen LogP contribution in [-0.2, 0) is 44.9 Å². The summed E-state index contributed by atoms with van der Waals surface area (Å²) in [5, 5.41) is 39.4. The van der Waals surface area contributed by atoms with Crippen LogP contribution >= 0.6 is 15.9 Å². The van der Waals surface area contributed by atoms with Crippen LogP contribution in [0, 0.1) is 23.3 Å². The smallest absolute Gasteiger partial charge is 0.253 e. The number of hydrogen-bond donors (Lipinski definition) is 6. The topological polar surface area (TPSA) is 235 Å². The van der Waals surface area contributed by atoms with E-state index in [9.17, 15) is 52.4 Å². The lowest BCUT2D eigenvalue weighted by atomic mass is 9.95. The van der Waals surface area contributed by atoms with Crippen LogP contribution in [0.25, 0.3) is 33.1 Å². The number of nitrogens with one attached hydrogen (secondary N) is 2. The summed E-state index contributed by atoms with van der Waals surface area (Å²) in [6.07, 6.45) is 4.90. The van der Waals surface area contributed by atoms with Crippen LogP contribution in [0.1, 0.15) is 144 Å². The summed E-state index contributed by atoms with van der Waals surface area (Å²) in [6.45, 7) is 3.76. The second-order valence-electron chi connectivity index (χ2n) is 27.7. The molecule has 3 aliphatic rings. The van der Waals surface area contributed by atoms with Crippen LogP contribution in [0.5, 0.6) is 17.2 Å². The molecule has 10 aromatic carbocycles. The number of carbonyl (C=O) groups is 3. The Labute approximate surface area is 647 Å². The average Bonchev–Trinajstić information content (AvgIpc) is 1.65. The van der Waals surface area contributed by atoms with Crippen molar-refractivity contribution in [1.82, 2.24) is 44.2 Å². The van der Waals surface area contributed by atoms with Crippen molar-refractivity contribution in [1.29, 1.82) is 0 Å². The molecule has 111 heavy (non-hydrogen) atoms. The molecule has 3 aromatic heterocycles. The minimum Gasteiger partial charge on any atom is -0.508 e. The average molecular weight is 1570 g/mol. The number of aliphatic hydroxyl groups is 3. The summed E-state index contributed by atoms with van der Waals surface area (Å²) in [6, 6.07) is 64.2. The first-order valence-corrected chi connectivity index (χ1v) is 38.1. The third kappa shape index (κ3) is 19.6. The van der Waals surface area contributed by atoms with Gasteiger partial charge in [-0.25, -0.2) is 32.5 Å². The summed E-state index contributed by atoms with van der Waals surface area (Å²) in [5.74, 6) is 3.30. The van der Waals surface area contributed by atoms with Gasteiger partial charge in [0.1, 0.15) is 71.2 Å². The molecule has 18 nitrogen and oxygen atoms in total. The fraction of sp³-hybridized carbons (Fsp3) is 0.250. The molecule has 0 unspecified atom stereocenters. The Morgan fingerprint density at radius 3 is 1.22 bits per heavy atom. The van der Waals surface area contributed by atoms with E-state index in [2.05, 4.69) is 35.4 Å². The van der Waals surface area contributed by atoms with Gasteiger partial charge in [0.25, 0.3) is 17.7 Å². The van der Waals surface area contributed by atoms with E-state index >= 15 is 0 Å². The Bertz CT molecular complexity index is 5310. The monoisotopic (exact) mass is 1570 g/mol. The zero-order valence-corrected chi connectivity index (χ0v) is 62.5. The zero-order valence-electron chi connectivity index (χ0n) is 60.9. The summed E-state index contributed by atoms with van der Waals surface area (Å²) in [7, 11) is 0. The Morgan fingerprint density at radius 1 is 0.414 bits per heavy atom. The number of ether oxygens (including phenoxy) is 2. The number of aromatic amines is 2. The van der Waals surface area contributed by atoms with Gasteiger partial charge in [-0.2, -0.15) is 0 Å². The maximum absolute atomic E-state index is 13.9. The lowest BCUT2D eigenvalue weighted by molar-refractivity contribution is 0.0703. The first-order valence-electron chi connectivity index (χ1n) is 37.0. The number of H-pyrrole nitrogens is 2. The van der Waals surface area contributed by atoms with Crippen LogP contribution in [0.3, 0.4) is 0 Å². The van der Waals surface area contributed by atoms with Gasteiger partial charge in [-0.3, -0.25) is 14.4 Å². The minimum absolute atomic E-state index is 0.00708. The summed E-state index contributed by atoms with van der Waals surface area (Å²) in [4.78, 5) is 65.9. The maximum atomic E-state index is 13.9. The van der Waals surface area contributed by atoms with E-state index in [1.165, 1.54) is 48.5 Å². The first kappa shape index (κ1) is 77.7. The molecule has 6 heterocycles. The molecule has 16 rings (SSSR count). The summed E-state index contributed by atoms with van der Waals surface area (Å²) < 4.78 is 66.9. The molecular formula is C88H84BrF4N9O9. The first-order chi connectivity index (χ1) is 54.1. The number of phenols is 1. The molecule has 0 bridgehead atoms. The molecule has 0 saturated carbocycles. The van der Waals surface area contributed by atoms with Crippen molar-refractivity contribution in [3.63, 3.8) is 0 Å². The predicted molar refractivity (Wildman–Crippen MR) is 420 cm³/mol. The Balaban J connectivity index is 0.000000141. The van der Waals surface area contributed by atoms with Crippen LogP contribution in [0.2, 0.25) is 0 Å². The van der Waals surface area contributed by atoms with Gasteiger partial charge in [-0.1, -0.05) is 101 Å². The molecule has 0 spiro atoms. The number of para-hydroxylation sites is 6. The number of fused-ring (bicyclic) bond motifs is 3. The van der Waals surface area contributed by atoms with Crippen molar-refractivity contribution in [2.45, 2.75) is 101 Å². The zero-order chi connectivity index (χ0) is 77.3. The van der Waals surface area contributed by atoms with Crippen molar-refractivity contribution in [2.75, 3.05) is 39.3 Å². The second kappa shape index (κ2) is 36.8. The highest BCUT2D eigenvalue weighted by atomic mass is 79.9. The van der Waals surface area contributed by atoms with Crippen LogP contribution in [0.4, 0.5) is 17.6 Å². The molecule has 13 aromatic rings. The number of hydrogen-bond acceptors (Lipinski definition) is 12. The van der Waals surface area contributed by atoms with Crippen molar-refractivity contribution in [3.05, 3.63) is 321 Å². The number of piperidine rings is 3. The minimum atomic E-state index is -0.341. The number of carbonyl (C=O) groups excluding carboxylic acids is 3. The maximum Gasteiger partial charge on any atom is 0.253 e. The molecule has 0 aliphatic carbocycles. The fourth-order valence-corrected chi connectivity index (χ4v) is 14.7. The van der Waals surface area contributed by atoms with Crippen molar-refractivity contribution in [3.8, 4) is 17.2 Å². The van der Waals surface area contributed by atoms with Gasteiger partial charge in [0, 0.05) is 102 Å². The molecule has 3 aliphatic heterocycles. The standard InChI is InChI=1S/C34H31F2N3O3.C27H26FN3O3.C20H21N3O3.C7H6BrF/c35-28-7-3-5-23(17-28)20-39-31-10-2-1-9-30(31)37-33(39)25-13-15-38(16-14-25)34(41)26-11-12-32(27(19-26)21-40)42-22-24-6-4-8-29(36)18-24;28-22-5-3-4-18(14-22)17-34-25-9-8-20(15-21(25)16-32)27(33)31-12-10-19(11-13-31)26-29-23-6-1-2-7-24(23)30-26;24-12-15-11-14(5-6-18(15)25)20(26)23-9-7-13(8-10-23)19-21-16-3-1-2-4-17(16)22-19;8-5-6-2-1-3-7(9)4-6/h1-12,17-19,25,40H,13-16,20-22H2;1-9,14-15,19,32H,10-13,16-17H2,(H,29,30);1-6,11,13,24-25H,7-10,12H2,(H,21,22);1-4H,5H2. The largest absolute Gasteiger partial charge is 0.508 e. The number of rotatable bonds is 18. The third-order valence-corrected chi connectivity index (χ3v) is 20.9. The normalized spacial score (nSPS) is 14.1.